The van der Waals surface area contributed by atoms with Crippen molar-refractivity contribution in [3.05, 3.63) is 59.4 Å². The van der Waals surface area contributed by atoms with E-state index in [1.54, 1.807) is 11.0 Å². The Bertz CT molecular complexity index is 840. The first kappa shape index (κ1) is 17.4. The van der Waals surface area contributed by atoms with Gasteiger partial charge in [-0.1, -0.05) is 12.1 Å². The van der Waals surface area contributed by atoms with E-state index in [4.69, 9.17) is 5.26 Å². The van der Waals surface area contributed by atoms with Gasteiger partial charge < -0.3 is 10.6 Å². The van der Waals surface area contributed by atoms with Crippen LogP contribution in [0.25, 0.3) is 0 Å². The molecule has 132 valence electrons. The zero-order chi connectivity index (χ0) is 18.5. The standard InChI is InChI=1S/C19H19N5O2/c1-13(23-18(25)17-8-3-14(11-20)12-22-17)15-4-6-16(7-5-15)24-10-2-9-21-19(24)26/h3-8,12-13H,2,9-10H2,1H3,(H,21,26)(H,23,25). The Morgan fingerprint density at radius 1 is 1.31 bits per heavy atom. The van der Waals surface area contributed by atoms with E-state index >= 15 is 0 Å². The van der Waals surface area contributed by atoms with Crippen LogP contribution < -0.4 is 15.5 Å². The first-order valence-electron chi connectivity index (χ1n) is 8.41. The van der Waals surface area contributed by atoms with E-state index < -0.39 is 0 Å². The van der Waals surface area contributed by atoms with Crippen LogP contribution in [0.5, 0.6) is 0 Å². The molecule has 2 N–H and O–H groups in total. The number of hydrogen-bond donors (Lipinski definition) is 2. The van der Waals surface area contributed by atoms with Crippen molar-refractivity contribution in [3.8, 4) is 6.07 Å². The summed E-state index contributed by atoms with van der Waals surface area (Å²) >= 11 is 0. The minimum Gasteiger partial charge on any atom is -0.344 e. The van der Waals surface area contributed by atoms with Crippen molar-refractivity contribution in [3.63, 3.8) is 0 Å². The summed E-state index contributed by atoms with van der Waals surface area (Å²) in [7, 11) is 0. The number of aromatic nitrogens is 1. The molecule has 0 bridgehead atoms. The molecule has 1 fully saturated rings. The normalized spacial score (nSPS) is 14.9. The highest BCUT2D eigenvalue weighted by atomic mass is 16.2. The topological polar surface area (TPSA) is 98.1 Å². The lowest BCUT2D eigenvalue weighted by Crippen LogP contribution is -2.46. The number of carbonyl (C=O) groups is 2. The van der Waals surface area contributed by atoms with Crippen LogP contribution in [0.1, 0.15) is 41.0 Å². The molecule has 1 aliphatic heterocycles. The molecule has 26 heavy (non-hydrogen) atoms. The van der Waals surface area contributed by atoms with Crippen LogP contribution in [0.3, 0.4) is 0 Å². The predicted octanol–water partition coefficient (Wildman–Crippen LogP) is 2.36. The number of benzene rings is 1. The minimum atomic E-state index is -0.304. The van der Waals surface area contributed by atoms with Crippen molar-refractivity contribution >= 4 is 17.6 Å². The number of rotatable bonds is 4. The molecule has 1 aliphatic rings. The van der Waals surface area contributed by atoms with Gasteiger partial charge in [0.1, 0.15) is 11.8 Å². The maximum Gasteiger partial charge on any atom is 0.321 e. The van der Waals surface area contributed by atoms with E-state index in [1.807, 2.05) is 37.3 Å². The fraction of sp³-hybridized carbons (Fsp3) is 0.263. The molecule has 2 aromatic rings. The van der Waals surface area contributed by atoms with Crippen molar-refractivity contribution in [2.24, 2.45) is 0 Å². The predicted molar refractivity (Wildman–Crippen MR) is 96.6 cm³/mol. The Balaban J connectivity index is 1.65. The zero-order valence-electron chi connectivity index (χ0n) is 14.4. The van der Waals surface area contributed by atoms with Crippen molar-refractivity contribution in [1.29, 1.82) is 5.26 Å². The second kappa shape index (κ2) is 7.66. The Morgan fingerprint density at radius 3 is 2.69 bits per heavy atom. The number of carbonyl (C=O) groups excluding carboxylic acids is 2. The summed E-state index contributed by atoms with van der Waals surface area (Å²) in [6.07, 6.45) is 2.29. The van der Waals surface area contributed by atoms with Crippen molar-refractivity contribution in [2.45, 2.75) is 19.4 Å². The molecule has 1 atom stereocenters. The van der Waals surface area contributed by atoms with E-state index in [0.717, 1.165) is 17.7 Å². The van der Waals surface area contributed by atoms with Gasteiger partial charge in [0, 0.05) is 25.0 Å². The number of nitriles is 1. The molecule has 0 radical (unpaired) electrons. The third-order valence-corrected chi connectivity index (χ3v) is 4.26. The maximum atomic E-state index is 12.3. The Hall–Kier alpha value is -3.40. The van der Waals surface area contributed by atoms with Crippen molar-refractivity contribution in [1.82, 2.24) is 15.6 Å². The van der Waals surface area contributed by atoms with Crippen LogP contribution in [-0.2, 0) is 0 Å². The van der Waals surface area contributed by atoms with Gasteiger partial charge in [-0.3, -0.25) is 9.69 Å². The van der Waals surface area contributed by atoms with Gasteiger partial charge in [-0.15, -0.1) is 0 Å². The van der Waals surface area contributed by atoms with Crippen molar-refractivity contribution in [2.75, 3.05) is 18.0 Å². The second-order valence-electron chi connectivity index (χ2n) is 6.07. The molecule has 7 nitrogen and oxygen atoms in total. The van der Waals surface area contributed by atoms with Gasteiger partial charge in [0.05, 0.1) is 11.6 Å². The van der Waals surface area contributed by atoms with Crippen LogP contribution in [0.4, 0.5) is 10.5 Å². The first-order chi connectivity index (χ1) is 12.6. The van der Waals surface area contributed by atoms with Crippen LogP contribution in [0, 0.1) is 11.3 Å². The average Bonchev–Trinajstić information content (AvgIpc) is 2.68. The van der Waals surface area contributed by atoms with Gasteiger partial charge >= 0.3 is 6.03 Å². The number of hydrogen-bond acceptors (Lipinski definition) is 4. The van der Waals surface area contributed by atoms with E-state index in [0.29, 0.717) is 18.7 Å². The van der Waals surface area contributed by atoms with Gasteiger partial charge in [0.15, 0.2) is 0 Å². The van der Waals surface area contributed by atoms with E-state index in [2.05, 4.69) is 15.6 Å². The molecule has 3 rings (SSSR count). The fourth-order valence-corrected chi connectivity index (χ4v) is 2.77. The molecule has 1 saturated heterocycles. The number of amides is 3. The fourth-order valence-electron chi connectivity index (χ4n) is 2.77. The summed E-state index contributed by atoms with van der Waals surface area (Å²) in [5.41, 5.74) is 2.43. The molecule has 3 amide bonds. The molecule has 2 heterocycles. The number of nitrogens with one attached hydrogen (secondary N) is 2. The summed E-state index contributed by atoms with van der Waals surface area (Å²) in [5, 5.41) is 14.5. The van der Waals surface area contributed by atoms with Gasteiger partial charge in [0.2, 0.25) is 0 Å². The molecule has 0 spiro atoms. The van der Waals surface area contributed by atoms with Crippen LogP contribution >= 0.6 is 0 Å². The minimum absolute atomic E-state index is 0.0859. The summed E-state index contributed by atoms with van der Waals surface area (Å²) in [6.45, 7) is 3.28. The van der Waals surface area contributed by atoms with Gasteiger partial charge in [-0.05, 0) is 43.2 Å². The highest BCUT2D eigenvalue weighted by Crippen LogP contribution is 2.21. The molecule has 1 unspecified atom stereocenters. The Kier molecular flexibility index (Phi) is 5.13. The van der Waals surface area contributed by atoms with E-state index in [9.17, 15) is 9.59 Å². The van der Waals surface area contributed by atoms with E-state index in [1.165, 1.54) is 12.3 Å². The molecule has 1 aromatic heterocycles. The van der Waals surface area contributed by atoms with Crippen LogP contribution in [0.15, 0.2) is 42.6 Å². The average molecular weight is 349 g/mol. The van der Waals surface area contributed by atoms with E-state index in [-0.39, 0.29) is 23.7 Å². The van der Waals surface area contributed by atoms with Gasteiger partial charge in [-0.2, -0.15) is 5.26 Å². The van der Waals surface area contributed by atoms with Gasteiger partial charge in [0.25, 0.3) is 5.91 Å². The highest BCUT2D eigenvalue weighted by molar-refractivity contribution is 5.93. The Labute approximate surface area is 151 Å². The maximum absolute atomic E-state index is 12.3. The smallest absolute Gasteiger partial charge is 0.321 e. The third kappa shape index (κ3) is 3.81. The molecule has 0 saturated carbocycles. The van der Waals surface area contributed by atoms with Crippen molar-refractivity contribution < 1.29 is 9.59 Å². The van der Waals surface area contributed by atoms with Gasteiger partial charge in [-0.25, -0.2) is 9.78 Å². The van der Waals surface area contributed by atoms with Crippen LogP contribution in [-0.4, -0.2) is 30.0 Å². The Morgan fingerprint density at radius 2 is 2.08 bits per heavy atom. The number of urea groups is 1. The quantitative estimate of drug-likeness (QED) is 0.885. The lowest BCUT2D eigenvalue weighted by atomic mass is 10.1. The highest BCUT2D eigenvalue weighted by Gasteiger charge is 2.19. The lowest BCUT2D eigenvalue weighted by molar-refractivity contribution is 0.0935. The SMILES string of the molecule is CC(NC(=O)c1ccc(C#N)cn1)c1ccc(N2CCCNC2=O)cc1. The molecule has 0 aliphatic carbocycles. The number of nitrogens with zero attached hydrogens (tertiary/aromatic N) is 3. The summed E-state index contributed by atoms with van der Waals surface area (Å²) < 4.78 is 0. The second-order valence-corrected chi connectivity index (χ2v) is 6.07. The molecular weight excluding hydrogens is 330 g/mol. The molecule has 7 heteroatoms. The monoisotopic (exact) mass is 349 g/mol. The molecule has 1 aromatic carbocycles. The summed E-state index contributed by atoms with van der Waals surface area (Å²) in [5.74, 6) is -0.304. The molecular formula is C19H19N5O2. The number of anilines is 1. The summed E-state index contributed by atoms with van der Waals surface area (Å²) in [6, 6.07) is 12.3. The van der Waals surface area contributed by atoms with Crippen LogP contribution in [0.2, 0.25) is 0 Å². The lowest BCUT2D eigenvalue weighted by Gasteiger charge is -2.27. The third-order valence-electron chi connectivity index (χ3n) is 4.26. The largest absolute Gasteiger partial charge is 0.344 e. The zero-order valence-corrected chi connectivity index (χ0v) is 14.4. The summed E-state index contributed by atoms with van der Waals surface area (Å²) in [4.78, 5) is 29.9. The number of pyridine rings is 1. The first-order valence-corrected chi connectivity index (χ1v) is 8.41.